The number of aryl methyl sites for hydroxylation is 1. The number of nitrogens with zero attached hydrogens (tertiary/aromatic N) is 3. The van der Waals surface area contributed by atoms with Gasteiger partial charge in [-0.25, -0.2) is 13.4 Å². The third-order valence-corrected chi connectivity index (χ3v) is 10.6. The smallest absolute Gasteiger partial charge is 0.243 e. The molecule has 2 aliphatic rings. The normalized spacial score (nSPS) is 16.5. The molecule has 0 bridgehead atoms. The third-order valence-electron chi connectivity index (χ3n) is 8.46. The van der Waals surface area contributed by atoms with Crippen LogP contribution in [0.15, 0.2) is 119 Å². The van der Waals surface area contributed by atoms with E-state index in [-0.39, 0.29) is 17.4 Å². The zero-order valence-electron chi connectivity index (χ0n) is 26.7. The highest BCUT2D eigenvalue weighted by Crippen LogP contribution is 2.33. The number of hydrogen-bond donors (Lipinski definition) is 0. The van der Waals surface area contributed by atoms with Crippen molar-refractivity contribution < 1.29 is 22.6 Å². The molecular weight excluding hydrogens is 634 g/mol. The summed E-state index contributed by atoms with van der Waals surface area (Å²) in [5, 5.41) is 0.583. The molecule has 47 heavy (non-hydrogen) atoms. The van der Waals surface area contributed by atoms with Crippen LogP contribution in [0.1, 0.15) is 31.9 Å². The summed E-state index contributed by atoms with van der Waals surface area (Å²) in [6, 6.07) is 18.1. The highest BCUT2D eigenvalue weighted by atomic mass is 35.5. The maximum absolute atomic E-state index is 14.3. The molecule has 6 rings (SSSR count). The summed E-state index contributed by atoms with van der Waals surface area (Å²) < 4.78 is 49.1. The Kier molecular flexibility index (Phi) is 9.87. The molecule has 10 heteroatoms. The van der Waals surface area contributed by atoms with Crippen LogP contribution in [0, 0.1) is 5.92 Å². The highest BCUT2D eigenvalue weighted by molar-refractivity contribution is 7.89. The van der Waals surface area contributed by atoms with E-state index in [0.29, 0.717) is 35.1 Å². The van der Waals surface area contributed by atoms with Crippen LogP contribution in [0.5, 0.6) is 11.5 Å². The molecule has 0 saturated carbocycles. The van der Waals surface area contributed by atoms with Gasteiger partial charge in [0.1, 0.15) is 17.3 Å². The van der Waals surface area contributed by atoms with Crippen molar-refractivity contribution in [2.45, 2.75) is 37.5 Å². The third kappa shape index (κ3) is 7.17. The number of imidazole rings is 1. The first-order chi connectivity index (χ1) is 22.8. The molecule has 2 aromatic heterocycles. The number of benzene rings is 2. The van der Waals surface area contributed by atoms with Crippen molar-refractivity contribution in [3.05, 3.63) is 125 Å². The van der Waals surface area contributed by atoms with E-state index in [0.717, 1.165) is 53.3 Å². The van der Waals surface area contributed by atoms with E-state index in [2.05, 4.69) is 6.92 Å². The van der Waals surface area contributed by atoms with Crippen LogP contribution in [0.25, 0.3) is 16.9 Å². The molecule has 1 atom stereocenters. The van der Waals surface area contributed by atoms with Crippen molar-refractivity contribution >= 4 is 27.3 Å². The number of pyridine rings is 1. The second kappa shape index (κ2) is 14.2. The number of methoxy groups -OCH3 is 2. The van der Waals surface area contributed by atoms with E-state index < -0.39 is 10.0 Å². The van der Waals surface area contributed by atoms with Crippen molar-refractivity contribution in [1.82, 2.24) is 13.7 Å². The van der Waals surface area contributed by atoms with E-state index >= 15 is 0 Å². The molecule has 4 aromatic rings. The summed E-state index contributed by atoms with van der Waals surface area (Å²) in [6.45, 7) is 2.68. The quantitative estimate of drug-likeness (QED) is 0.151. The van der Waals surface area contributed by atoms with Crippen LogP contribution in [-0.2, 0) is 25.9 Å². The maximum atomic E-state index is 14.3. The molecule has 244 valence electrons. The van der Waals surface area contributed by atoms with Gasteiger partial charge in [0, 0.05) is 37.3 Å². The topological polar surface area (TPSA) is 82.4 Å². The molecule has 0 fully saturated rings. The van der Waals surface area contributed by atoms with E-state index in [4.69, 9.17) is 30.8 Å². The second-order valence-corrected chi connectivity index (χ2v) is 13.9. The van der Waals surface area contributed by atoms with Gasteiger partial charge in [0.05, 0.1) is 41.3 Å². The monoisotopic (exact) mass is 671 g/mol. The lowest BCUT2D eigenvalue weighted by molar-refractivity contribution is 0.274. The van der Waals surface area contributed by atoms with E-state index in [1.165, 1.54) is 0 Å². The molecule has 8 nitrogen and oxygen atoms in total. The lowest BCUT2D eigenvalue weighted by atomic mass is 9.99. The number of allylic oxidation sites excluding steroid dienone is 5. The highest BCUT2D eigenvalue weighted by Gasteiger charge is 2.29. The van der Waals surface area contributed by atoms with Crippen LogP contribution < -0.4 is 4.74 Å². The molecule has 2 aromatic carbocycles. The zero-order chi connectivity index (χ0) is 33.0. The van der Waals surface area contributed by atoms with Crippen molar-refractivity contribution in [1.29, 1.82) is 0 Å². The zero-order valence-corrected chi connectivity index (χ0v) is 28.3. The number of hydrogen-bond acceptors (Lipinski definition) is 6. The van der Waals surface area contributed by atoms with Crippen LogP contribution in [-0.4, -0.2) is 49.4 Å². The van der Waals surface area contributed by atoms with Gasteiger partial charge in [-0.05, 0) is 79.8 Å². The van der Waals surface area contributed by atoms with Crippen LogP contribution in [0.3, 0.4) is 0 Å². The minimum absolute atomic E-state index is 0.0163. The Morgan fingerprint density at radius 3 is 2.51 bits per heavy atom. The predicted molar refractivity (Wildman–Crippen MR) is 185 cm³/mol. The summed E-state index contributed by atoms with van der Waals surface area (Å²) >= 11 is 6.45. The fourth-order valence-electron chi connectivity index (χ4n) is 5.95. The molecule has 2 heterocycles. The number of aromatic nitrogens is 2. The van der Waals surface area contributed by atoms with Gasteiger partial charge in [0.2, 0.25) is 10.0 Å². The van der Waals surface area contributed by atoms with Crippen molar-refractivity contribution in [2.24, 2.45) is 5.92 Å². The molecule has 0 amide bonds. The SMILES string of the molecule is CCc1nc2c(Cl)cccn2c1-c1cccc(Oc2cccc(S(=O)(=O)N(CC3=CC=C(OC)CC3)CC3C=CC(OC)=CC3)c2)c1. The Hall–Kier alpha value is -4.31. The van der Waals surface area contributed by atoms with Gasteiger partial charge >= 0.3 is 0 Å². The fourth-order valence-corrected chi connectivity index (χ4v) is 7.70. The van der Waals surface area contributed by atoms with Crippen LogP contribution in [0.2, 0.25) is 5.02 Å². The van der Waals surface area contributed by atoms with E-state index in [9.17, 15) is 8.42 Å². The Morgan fingerprint density at radius 1 is 1.00 bits per heavy atom. The van der Waals surface area contributed by atoms with E-state index in [1.807, 2.05) is 77.4 Å². The molecule has 0 aliphatic heterocycles. The lowest BCUT2D eigenvalue weighted by Crippen LogP contribution is -2.37. The average molecular weight is 672 g/mol. The number of rotatable bonds is 12. The van der Waals surface area contributed by atoms with Crippen molar-refractivity contribution in [3.63, 3.8) is 0 Å². The fraction of sp³-hybridized carbons (Fsp3) is 0.270. The lowest BCUT2D eigenvalue weighted by Gasteiger charge is -2.28. The van der Waals surface area contributed by atoms with Gasteiger partial charge in [0.15, 0.2) is 5.65 Å². The predicted octanol–water partition coefficient (Wildman–Crippen LogP) is 8.36. The molecule has 0 N–H and O–H groups in total. The summed E-state index contributed by atoms with van der Waals surface area (Å²) in [7, 11) is -0.595. The van der Waals surface area contributed by atoms with Crippen LogP contribution >= 0.6 is 11.6 Å². The Bertz CT molecular complexity index is 2010. The molecule has 1 unspecified atom stereocenters. The van der Waals surface area contributed by atoms with Gasteiger partial charge in [-0.3, -0.25) is 4.40 Å². The minimum Gasteiger partial charge on any atom is -0.501 e. The Morgan fingerprint density at radius 2 is 1.81 bits per heavy atom. The molecular formula is C37H38ClN3O5S. The van der Waals surface area contributed by atoms with Gasteiger partial charge < -0.3 is 14.2 Å². The first-order valence-electron chi connectivity index (χ1n) is 15.7. The molecule has 0 radical (unpaired) electrons. The summed E-state index contributed by atoms with van der Waals surface area (Å²) in [6.07, 6.45) is 14.7. The largest absolute Gasteiger partial charge is 0.501 e. The Labute approximate surface area is 281 Å². The van der Waals surface area contributed by atoms with E-state index in [1.54, 1.807) is 42.8 Å². The van der Waals surface area contributed by atoms with Crippen molar-refractivity contribution in [2.75, 3.05) is 27.3 Å². The number of ether oxygens (including phenoxy) is 3. The summed E-state index contributed by atoms with van der Waals surface area (Å²) in [4.78, 5) is 4.94. The molecule has 2 aliphatic carbocycles. The van der Waals surface area contributed by atoms with Gasteiger partial charge in [0.25, 0.3) is 0 Å². The van der Waals surface area contributed by atoms with Gasteiger partial charge in [-0.1, -0.05) is 54.4 Å². The summed E-state index contributed by atoms with van der Waals surface area (Å²) in [5.41, 5.74) is 4.52. The average Bonchev–Trinajstić information content (AvgIpc) is 3.49. The number of halogens is 1. The summed E-state index contributed by atoms with van der Waals surface area (Å²) in [5.74, 6) is 2.69. The Balaban J connectivity index is 1.28. The maximum Gasteiger partial charge on any atom is 0.243 e. The first-order valence-corrected chi connectivity index (χ1v) is 17.5. The van der Waals surface area contributed by atoms with Crippen LogP contribution in [0.4, 0.5) is 0 Å². The number of sulfonamides is 1. The standard InChI is InChI=1S/C37H38ClN3O5S/c1-4-35-36(41-21-7-12-34(38)37(41)39-35)28-8-5-9-31(22-28)46-32-10-6-11-33(23-32)47(42,43)40(24-26-13-17-29(44-2)18-14-26)25-27-15-19-30(45-3)20-16-27/h5-13,15,17-19,21-23,26H,4,14,16,20,24-25H2,1-3H3. The molecule has 0 saturated heterocycles. The second-order valence-electron chi connectivity index (χ2n) is 11.5. The van der Waals surface area contributed by atoms with Gasteiger partial charge in [-0.15, -0.1) is 0 Å². The van der Waals surface area contributed by atoms with Gasteiger partial charge in [-0.2, -0.15) is 4.31 Å². The van der Waals surface area contributed by atoms with Crippen molar-refractivity contribution in [3.8, 4) is 22.8 Å². The minimum atomic E-state index is -3.88. The molecule has 0 spiro atoms. The first kappa shape index (κ1) is 32.6. The number of fused-ring (bicyclic) bond motifs is 1.